The van der Waals surface area contributed by atoms with E-state index in [1.807, 2.05) is 44.2 Å². The maximum Gasteiger partial charge on any atom is 0.243 e. The van der Waals surface area contributed by atoms with E-state index in [-0.39, 0.29) is 17.4 Å². The summed E-state index contributed by atoms with van der Waals surface area (Å²) >= 11 is 3.32. The highest BCUT2D eigenvalue weighted by atomic mass is 79.9. The molecule has 0 bridgehead atoms. The van der Waals surface area contributed by atoms with Crippen LogP contribution in [0.25, 0.3) is 0 Å². The number of nitrogens with zero attached hydrogens (tertiary/aromatic N) is 1. The van der Waals surface area contributed by atoms with Gasteiger partial charge in [0, 0.05) is 17.6 Å². The third-order valence-electron chi connectivity index (χ3n) is 4.04. The summed E-state index contributed by atoms with van der Waals surface area (Å²) < 4.78 is 28.2. The number of hydrogen-bond donors (Lipinski definition) is 1. The maximum atomic E-state index is 13.0. The topological polar surface area (TPSA) is 57.6 Å². The van der Waals surface area contributed by atoms with Crippen LogP contribution in [-0.2, 0) is 16.4 Å². The van der Waals surface area contributed by atoms with Gasteiger partial charge < -0.3 is 5.11 Å². The number of aliphatic hydroxyl groups excluding tert-OH is 1. The average molecular weight is 440 g/mol. The number of sulfonamides is 1. The van der Waals surface area contributed by atoms with E-state index in [1.165, 1.54) is 4.31 Å². The third kappa shape index (κ3) is 6.20. The Hall–Kier alpha value is -1.21. The molecule has 0 aromatic heterocycles. The average Bonchev–Trinajstić information content (AvgIpc) is 2.60. The molecule has 1 N–H and O–H groups in total. The van der Waals surface area contributed by atoms with Gasteiger partial charge in [0.25, 0.3) is 0 Å². The molecule has 2 aromatic carbocycles. The Morgan fingerprint density at radius 3 is 2.19 bits per heavy atom. The Bertz CT molecular complexity index is 776. The second-order valence-electron chi connectivity index (χ2n) is 6.85. The van der Waals surface area contributed by atoms with Crippen LogP contribution in [0.4, 0.5) is 0 Å². The van der Waals surface area contributed by atoms with Crippen LogP contribution in [0.15, 0.2) is 64.0 Å². The molecule has 1 atom stereocenters. The molecule has 0 heterocycles. The summed E-state index contributed by atoms with van der Waals surface area (Å²) in [4.78, 5) is 0.247. The molecule has 0 aliphatic heterocycles. The van der Waals surface area contributed by atoms with Crippen molar-refractivity contribution in [1.29, 1.82) is 0 Å². The van der Waals surface area contributed by atoms with Crippen molar-refractivity contribution in [3.05, 3.63) is 64.6 Å². The lowest BCUT2D eigenvalue weighted by molar-refractivity contribution is 0.133. The Labute approximate surface area is 165 Å². The van der Waals surface area contributed by atoms with E-state index in [9.17, 15) is 13.5 Å². The van der Waals surface area contributed by atoms with Gasteiger partial charge in [-0.1, -0.05) is 60.1 Å². The maximum absolute atomic E-state index is 13.0. The second-order valence-corrected chi connectivity index (χ2v) is 9.70. The van der Waals surface area contributed by atoms with Crippen LogP contribution >= 0.6 is 15.9 Å². The minimum Gasteiger partial charge on any atom is -0.392 e. The van der Waals surface area contributed by atoms with Crippen LogP contribution < -0.4 is 0 Å². The second kappa shape index (κ2) is 9.65. The van der Waals surface area contributed by atoms with Gasteiger partial charge in [-0.05, 0) is 48.6 Å². The first kappa shape index (κ1) is 21.1. The molecule has 2 aromatic rings. The van der Waals surface area contributed by atoms with Gasteiger partial charge in [0.15, 0.2) is 0 Å². The molecular weight excluding hydrogens is 414 g/mol. The Balaban J connectivity index is 2.09. The normalized spacial score (nSPS) is 13.3. The summed E-state index contributed by atoms with van der Waals surface area (Å²) in [7, 11) is -3.64. The lowest BCUT2D eigenvalue weighted by Gasteiger charge is -2.26. The molecule has 0 unspecified atom stereocenters. The van der Waals surface area contributed by atoms with E-state index in [1.54, 1.807) is 24.3 Å². The molecule has 0 spiro atoms. The molecule has 2 rings (SSSR count). The zero-order valence-electron chi connectivity index (χ0n) is 15.2. The van der Waals surface area contributed by atoms with E-state index in [4.69, 9.17) is 0 Å². The summed E-state index contributed by atoms with van der Waals surface area (Å²) in [6.07, 6.45) is 0.531. The van der Waals surface area contributed by atoms with Crippen molar-refractivity contribution in [3.63, 3.8) is 0 Å². The van der Waals surface area contributed by atoms with Gasteiger partial charge in [0.05, 0.1) is 11.0 Å². The van der Waals surface area contributed by atoms with Gasteiger partial charge in [-0.25, -0.2) is 8.42 Å². The van der Waals surface area contributed by atoms with E-state index in [0.717, 1.165) is 16.5 Å². The first-order valence-corrected chi connectivity index (χ1v) is 11.0. The zero-order valence-corrected chi connectivity index (χ0v) is 17.6. The fourth-order valence-electron chi connectivity index (χ4n) is 2.74. The number of aryl methyl sites for hydroxylation is 1. The van der Waals surface area contributed by atoms with Crippen LogP contribution in [-0.4, -0.2) is 37.0 Å². The van der Waals surface area contributed by atoms with Gasteiger partial charge in [-0.2, -0.15) is 4.31 Å². The minimum atomic E-state index is -3.64. The van der Waals surface area contributed by atoms with E-state index >= 15 is 0 Å². The van der Waals surface area contributed by atoms with Crippen molar-refractivity contribution in [1.82, 2.24) is 4.31 Å². The molecule has 142 valence electrons. The summed E-state index contributed by atoms with van der Waals surface area (Å²) in [6, 6.07) is 16.5. The molecule has 6 heteroatoms. The van der Waals surface area contributed by atoms with Crippen molar-refractivity contribution in [2.45, 2.75) is 37.7 Å². The highest BCUT2D eigenvalue weighted by Gasteiger charge is 2.27. The third-order valence-corrected chi connectivity index (χ3v) is 6.42. The minimum absolute atomic E-state index is 0.101. The number of rotatable bonds is 9. The molecule has 0 aliphatic carbocycles. The van der Waals surface area contributed by atoms with Gasteiger partial charge >= 0.3 is 0 Å². The highest BCUT2D eigenvalue weighted by Crippen LogP contribution is 2.21. The summed E-state index contributed by atoms with van der Waals surface area (Å²) in [5, 5.41) is 10.4. The monoisotopic (exact) mass is 439 g/mol. The fraction of sp³-hybridized carbons (Fsp3) is 0.400. The number of benzene rings is 2. The summed E-state index contributed by atoms with van der Waals surface area (Å²) in [6.45, 7) is 4.42. The molecule has 0 saturated heterocycles. The van der Waals surface area contributed by atoms with Crippen LogP contribution in [0.2, 0.25) is 0 Å². The predicted octanol–water partition coefficient (Wildman–Crippen LogP) is 4.09. The van der Waals surface area contributed by atoms with Crippen molar-refractivity contribution in [2.75, 3.05) is 13.1 Å². The van der Waals surface area contributed by atoms with Gasteiger partial charge in [0.1, 0.15) is 0 Å². The summed E-state index contributed by atoms with van der Waals surface area (Å²) in [5.41, 5.74) is 1.14. The van der Waals surface area contributed by atoms with Gasteiger partial charge in [-0.3, -0.25) is 0 Å². The van der Waals surface area contributed by atoms with Gasteiger partial charge in [0.2, 0.25) is 10.0 Å². The molecule has 0 fully saturated rings. The number of aliphatic hydroxyl groups is 1. The van der Waals surface area contributed by atoms with E-state index < -0.39 is 16.1 Å². The van der Waals surface area contributed by atoms with Crippen molar-refractivity contribution in [2.24, 2.45) is 5.92 Å². The van der Waals surface area contributed by atoms with Crippen molar-refractivity contribution >= 4 is 26.0 Å². The standard InChI is InChI=1S/C20H26BrNO3S/c1-16(2)14-22(26(24,25)20-12-9-18(21)10-13-20)15-19(23)11-8-17-6-4-3-5-7-17/h3-7,9-10,12-13,16,19,23H,8,11,14-15H2,1-2H3/t19-/m1/s1. The first-order chi connectivity index (χ1) is 12.3. The highest BCUT2D eigenvalue weighted by molar-refractivity contribution is 9.10. The molecule has 0 aliphatic rings. The largest absolute Gasteiger partial charge is 0.392 e. The fourth-order valence-corrected chi connectivity index (χ4v) is 4.64. The quantitative estimate of drug-likeness (QED) is 0.639. The molecule has 26 heavy (non-hydrogen) atoms. The van der Waals surface area contributed by atoms with Crippen molar-refractivity contribution in [3.8, 4) is 0 Å². The molecular formula is C20H26BrNO3S. The molecule has 0 amide bonds. The number of halogens is 1. The zero-order chi connectivity index (χ0) is 19.2. The first-order valence-electron chi connectivity index (χ1n) is 8.76. The van der Waals surface area contributed by atoms with Crippen LogP contribution in [0.5, 0.6) is 0 Å². The van der Waals surface area contributed by atoms with Crippen molar-refractivity contribution < 1.29 is 13.5 Å². The smallest absolute Gasteiger partial charge is 0.243 e. The SMILES string of the molecule is CC(C)CN(C[C@H](O)CCc1ccccc1)S(=O)(=O)c1ccc(Br)cc1. The molecule has 0 radical (unpaired) electrons. The Morgan fingerprint density at radius 2 is 1.62 bits per heavy atom. The van der Waals surface area contributed by atoms with Crippen LogP contribution in [0.3, 0.4) is 0 Å². The number of hydrogen-bond acceptors (Lipinski definition) is 3. The Morgan fingerprint density at radius 1 is 1.00 bits per heavy atom. The van der Waals surface area contributed by atoms with E-state index in [0.29, 0.717) is 13.0 Å². The van der Waals surface area contributed by atoms with Crippen LogP contribution in [0, 0.1) is 5.92 Å². The molecule has 4 nitrogen and oxygen atoms in total. The van der Waals surface area contributed by atoms with E-state index in [2.05, 4.69) is 15.9 Å². The predicted molar refractivity (Wildman–Crippen MR) is 109 cm³/mol. The lowest BCUT2D eigenvalue weighted by atomic mass is 10.1. The van der Waals surface area contributed by atoms with Crippen LogP contribution in [0.1, 0.15) is 25.8 Å². The Kier molecular flexibility index (Phi) is 7.83. The van der Waals surface area contributed by atoms with Gasteiger partial charge in [-0.15, -0.1) is 0 Å². The molecule has 0 saturated carbocycles. The summed E-state index contributed by atoms with van der Waals surface area (Å²) in [5.74, 6) is 0.168. The lowest BCUT2D eigenvalue weighted by Crippen LogP contribution is -2.40.